The Kier molecular flexibility index (Phi) is 5.06. The van der Waals surface area contributed by atoms with Gasteiger partial charge in [-0.2, -0.15) is 18.4 Å². The lowest BCUT2D eigenvalue weighted by Crippen LogP contribution is -2.13. The van der Waals surface area contributed by atoms with E-state index in [0.717, 1.165) is 36.1 Å². The van der Waals surface area contributed by atoms with Crippen molar-refractivity contribution in [2.24, 2.45) is 0 Å². The molecular weight excluding hydrogens is 431 g/mol. The molecule has 0 saturated carbocycles. The second kappa shape index (κ2) is 7.73. The first-order valence-electron chi connectivity index (χ1n) is 9.01. The van der Waals surface area contributed by atoms with Gasteiger partial charge in [0, 0.05) is 12.3 Å². The zero-order valence-electron chi connectivity index (χ0n) is 16.4. The normalized spacial score (nSPS) is 12.3. The summed E-state index contributed by atoms with van der Waals surface area (Å²) in [6, 6.07) is 9.16. The number of nitrogens with two attached hydrogens (primary N) is 1. The average molecular weight is 445 g/mol. The summed E-state index contributed by atoms with van der Waals surface area (Å²) in [5, 5.41) is 9.30. The molecule has 2 aromatic carbocycles. The van der Waals surface area contributed by atoms with E-state index in [1.807, 2.05) is 0 Å². The molecule has 3 aromatic rings. The van der Waals surface area contributed by atoms with E-state index < -0.39 is 17.7 Å². The van der Waals surface area contributed by atoms with Crippen LogP contribution in [-0.4, -0.2) is 24.4 Å². The molecule has 0 bridgehead atoms. The van der Waals surface area contributed by atoms with Crippen LogP contribution in [-0.2, 0) is 10.9 Å². The Morgan fingerprint density at radius 1 is 1.19 bits per heavy atom. The van der Waals surface area contributed by atoms with E-state index in [-0.39, 0.29) is 40.9 Å². The van der Waals surface area contributed by atoms with Crippen LogP contribution in [0.15, 0.2) is 42.6 Å². The Morgan fingerprint density at radius 2 is 1.94 bits per heavy atom. The van der Waals surface area contributed by atoms with Crippen molar-refractivity contribution in [3.63, 3.8) is 0 Å². The second-order valence-electron chi connectivity index (χ2n) is 6.58. The van der Waals surface area contributed by atoms with Gasteiger partial charge in [0.05, 0.1) is 29.6 Å². The van der Waals surface area contributed by atoms with E-state index in [2.05, 4.69) is 0 Å². The molecule has 2 N–H and O–H groups in total. The SMILES string of the molecule is COC(=O)c1c(N)c(C#N)cn1-c1cc(C(F)(F)F)ccc1Oc1ccc2c(c1)OCO2. The van der Waals surface area contributed by atoms with Gasteiger partial charge in [-0.1, -0.05) is 0 Å². The van der Waals surface area contributed by atoms with Gasteiger partial charge in [0.2, 0.25) is 6.79 Å². The van der Waals surface area contributed by atoms with Crippen LogP contribution in [0.2, 0.25) is 0 Å². The zero-order chi connectivity index (χ0) is 23.0. The number of carbonyl (C=O) groups excluding carboxylic acids is 1. The van der Waals surface area contributed by atoms with Crippen LogP contribution in [0.5, 0.6) is 23.0 Å². The molecule has 11 heteroatoms. The van der Waals surface area contributed by atoms with Crippen molar-refractivity contribution in [3.05, 3.63) is 59.4 Å². The summed E-state index contributed by atoms with van der Waals surface area (Å²) in [5.41, 5.74) is 4.06. The monoisotopic (exact) mass is 445 g/mol. The van der Waals surface area contributed by atoms with Crippen LogP contribution < -0.4 is 19.9 Å². The minimum Gasteiger partial charge on any atom is -0.464 e. The Hall–Kier alpha value is -4.33. The molecule has 0 fully saturated rings. The molecule has 0 atom stereocenters. The number of aromatic nitrogens is 1. The first-order valence-corrected chi connectivity index (χ1v) is 9.01. The maximum Gasteiger partial charge on any atom is 0.416 e. The number of methoxy groups -OCH3 is 1. The number of hydrogen-bond donors (Lipinski definition) is 1. The largest absolute Gasteiger partial charge is 0.464 e. The summed E-state index contributed by atoms with van der Waals surface area (Å²) in [7, 11) is 1.08. The molecule has 1 aliphatic rings. The third kappa shape index (κ3) is 3.62. The first-order chi connectivity index (χ1) is 15.2. The number of halogens is 3. The molecule has 1 aliphatic heterocycles. The van der Waals surface area contributed by atoms with E-state index in [1.165, 1.54) is 6.07 Å². The van der Waals surface area contributed by atoms with Gasteiger partial charge in [0.1, 0.15) is 11.8 Å². The highest BCUT2D eigenvalue weighted by Gasteiger charge is 2.33. The zero-order valence-corrected chi connectivity index (χ0v) is 16.4. The Labute approximate surface area is 179 Å². The number of ether oxygens (including phenoxy) is 4. The number of esters is 1. The number of rotatable bonds is 4. The summed E-state index contributed by atoms with van der Waals surface area (Å²) >= 11 is 0. The lowest BCUT2D eigenvalue weighted by atomic mass is 10.1. The lowest BCUT2D eigenvalue weighted by molar-refractivity contribution is -0.137. The molecule has 0 aliphatic carbocycles. The number of fused-ring (bicyclic) bond motifs is 1. The highest BCUT2D eigenvalue weighted by molar-refractivity contribution is 5.96. The number of anilines is 1. The van der Waals surface area contributed by atoms with Crippen molar-refractivity contribution in [2.45, 2.75) is 6.18 Å². The maximum absolute atomic E-state index is 13.4. The molecule has 0 spiro atoms. The van der Waals surface area contributed by atoms with Gasteiger partial charge in [0.25, 0.3) is 0 Å². The number of benzene rings is 2. The van der Waals surface area contributed by atoms with Crippen LogP contribution in [0.3, 0.4) is 0 Å². The number of alkyl halides is 3. The van der Waals surface area contributed by atoms with E-state index >= 15 is 0 Å². The predicted octanol–water partition coefficient (Wildman–Crippen LogP) is 4.26. The number of hydrogen-bond acceptors (Lipinski definition) is 7. The van der Waals surface area contributed by atoms with Crippen LogP contribution in [0.1, 0.15) is 21.6 Å². The molecule has 1 aromatic heterocycles. The Bertz CT molecular complexity index is 1260. The van der Waals surface area contributed by atoms with E-state index in [9.17, 15) is 23.2 Å². The van der Waals surface area contributed by atoms with Crippen molar-refractivity contribution in [1.29, 1.82) is 5.26 Å². The number of carbonyl (C=O) groups is 1. The highest BCUT2D eigenvalue weighted by atomic mass is 19.4. The van der Waals surface area contributed by atoms with Gasteiger partial charge in [-0.3, -0.25) is 0 Å². The van der Waals surface area contributed by atoms with E-state index in [1.54, 1.807) is 18.2 Å². The topological polar surface area (TPSA) is 109 Å². The fourth-order valence-corrected chi connectivity index (χ4v) is 3.14. The molecular formula is C21H14F3N3O5. The second-order valence-corrected chi connectivity index (χ2v) is 6.58. The van der Waals surface area contributed by atoms with Gasteiger partial charge >= 0.3 is 12.1 Å². The summed E-state index contributed by atoms with van der Waals surface area (Å²) in [6.07, 6.45) is -3.53. The van der Waals surface area contributed by atoms with Crippen molar-refractivity contribution in [1.82, 2.24) is 4.57 Å². The van der Waals surface area contributed by atoms with Crippen molar-refractivity contribution in [2.75, 3.05) is 19.6 Å². The van der Waals surface area contributed by atoms with E-state index in [4.69, 9.17) is 24.7 Å². The van der Waals surface area contributed by atoms with Crippen LogP contribution in [0.25, 0.3) is 5.69 Å². The summed E-state index contributed by atoms with van der Waals surface area (Å²) in [5.74, 6) is 0.172. The molecule has 0 unspecified atom stereocenters. The average Bonchev–Trinajstić information content (AvgIpc) is 3.36. The molecule has 0 radical (unpaired) electrons. The minimum atomic E-state index is -4.67. The number of nitrogen functional groups attached to an aromatic ring is 1. The summed E-state index contributed by atoms with van der Waals surface area (Å²) < 4.78 is 62.3. The van der Waals surface area contributed by atoms with Gasteiger partial charge in [-0.05, 0) is 30.3 Å². The summed E-state index contributed by atoms with van der Waals surface area (Å²) in [6.45, 7) is 0.0341. The fraction of sp³-hybridized carbons (Fsp3) is 0.143. The molecule has 8 nitrogen and oxygen atoms in total. The lowest BCUT2D eigenvalue weighted by Gasteiger charge is -2.17. The third-order valence-electron chi connectivity index (χ3n) is 4.66. The number of nitriles is 1. The highest BCUT2D eigenvalue weighted by Crippen LogP contribution is 2.40. The van der Waals surface area contributed by atoms with Crippen molar-refractivity contribution >= 4 is 11.7 Å². The maximum atomic E-state index is 13.4. The Morgan fingerprint density at radius 3 is 2.62 bits per heavy atom. The molecule has 0 saturated heterocycles. The first kappa shape index (κ1) is 20.9. The Balaban J connectivity index is 1.89. The van der Waals surface area contributed by atoms with Gasteiger partial charge in [-0.15, -0.1) is 0 Å². The van der Waals surface area contributed by atoms with Crippen molar-refractivity contribution < 1.29 is 36.9 Å². The molecule has 164 valence electrons. The third-order valence-corrected chi connectivity index (χ3v) is 4.66. The molecule has 2 heterocycles. The molecule has 4 rings (SSSR count). The van der Waals surface area contributed by atoms with Crippen LogP contribution in [0.4, 0.5) is 18.9 Å². The van der Waals surface area contributed by atoms with Gasteiger partial charge in [0.15, 0.2) is 22.9 Å². The number of nitrogens with zero attached hydrogens (tertiary/aromatic N) is 2. The smallest absolute Gasteiger partial charge is 0.416 e. The molecule has 32 heavy (non-hydrogen) atoms. The van der Waals surface area contributed by atoms with Crippen molar-refractivity contribution in [3.8, 4) is 34.8 Å². The van der Waals surface area contributed by atoms with Gasteiger partial charge < -0.3 is 29.2 Å². The van der Waals surface area contributed by atoms with Crippen LogP contribution in [0, 0.1) is 11.3 Å². The van der Waals surface area contributed by atoms with Gasteiger partial charge in [-0.25, -0.2) is 4.79 Å². The quantitative estimate of drug-likeness (QED) is 0.598. The predicted molar refractivity (Wildman–Crippen MR) is 104 cm³/mol. The standard InChI is InChI=1S/C21H14F3N3O5/c1-29-20(28)19-18(26)11(8-25)9-27(19)14-6-12(21(22,23)24)2-4-15(14)32-13-3-5-16-17(7-13)31-10-30-16/h2-7,9H,10,26H2,1H3. The minimum absolute atomic E-state index is 0.0341. The summed E-state index contributed by atoms with van der Waals surface area (Å²) in [4.78, 5) is 12.3. The van der Waals surface area contributed by atoms with Crippen LogP contribution >= 0.6 is 0 Å². The van der Waals surface area contributed by atoms with E-state index in [0.29, 0.717) is 11.5 Å². The molecule has 0 amide bonds. The fourth-order valence-electron chi connectivity index (χ4n) is 3.14.